The molecule has 3 rings (SSSR count). The lowest BCUT2D eigenvalue weighted by atomic mass is 10.1. The van der Waals surface area contributed by atoms with E-state index in [9.17, 15) is 4.79 Å². The van der Waals surface area contributed by atoms with Gasteiger partial charge in [-0.25, -0.2) is 4.98 Å². The Bertz CT molecular complexity index is 643. The highest BCUT2D eigenvalue weighted by Gasteiger charge is 2.28. The van der Waals surface area contributed by atoms with Gasteiger partial charge in [-0.2, -0.15) is 0 Å². The predicted molar refractivity (Wildman–Crippen MR) is 87.7 cm³/mol. The summed E-state index contributed by atoms with van der Waals surface area (Å²) in [6.07, 6.45) is 3.91. The fraction of sp³-hybridized carbons (Fsp3) is 0.438. The largest absolute Gasteiger partial charge is 0.337 e. The van der Waals surface area contributed by atoms with Crippen LogP contribution in [0.1, 0.15) is 19.5 Å². The molecule has 1 amide bonds. The molecule has 3 heterocycles. The standard InChI is InChI=1S/C16H20N4OS/c1-11-12(2)20(7-6-18-11)15(21)8-14-10-22-16(19-14)13-4-3-5-17-9-13/h3-5,9-12,18H,6-8H2,1-2H3. The molecule has 2 aromatic rings. The van der Waals surface area contributed by atoms with Crippen molar-refractivity contribution in [3.05, 3.63) is 35.6 Å². The van der Waals surface area contributed by atoms with E-state index in [-0.39, 0.29) is 11.9 Å². The maximum atomic E-state index is 12.5. The number of pyridine rings is 1. The van der Waals surface area contributed by atoms with Crippen molar-refractivity contribution < 1.29 is 4.79 Å². The summed E-state index contributed by atoms with van der Waals surface area (Å²) in [5.41, 5.74) is 1.84. The van der Waals surface area contributed by atoms with Crippen molar-refractivity contribution in [2.24, 2.45) is 0 Å². The molecule has 6 heteroatoms. The van der Waals surface area contributed by atoms with Gasteiger partial charge in [-0.3, -0.25) is 9.78 Å². The first-order chi connectivity index (χ1) is 10.6. The topological polar surface area (TPSA) is 58.1 Å². The summed E-state index contributed by atoms with van der Waals surface area (Å²) in [6, 6.07) is 4.43. The van der Waals surface area contributed by atoms with Crippen molar-refractivity contribution in [3.63, 3.8) is 0 Å². The minimum atomic E-state index is 0.156. The average Bonchev–Trinajstić information content (AvgIpc) is 2.99. The third-order valence-electron chi connectivity index (χ3n) is 4.15. The zero-order chi connectivity index (χ0) is 15.5. The van der Waals surface area contributed by atoms with E-state index in [1.807, 2.05) is 22.4 Å². The van der Waals surface area contributed by atoms with Crippen molar-refractivity contribution >= 4 is 17.2 Å². The van der Waals surface area contributed by atoms with Gasteiger partial charge in [0, 0.05) is 48.5 Å². The summed E-state index contributed by atoms with van der Waals surface area (Å²) in [6.45, 7) is 5.84. The lowest BCUT2D eigenvalue weighted by molar-refractivity contribution is -0.134. The molecule has 1 saturated heterocycles. The Morgan fingerprint density at radius 2 is 2.36 bits per heavy atom. The second kappa shape index (κ2) is 6.54. The number of aromatic nitrogens is 2. The molecule has 0 aliphatic carbocycles. The van der Waals surface area contributed by atoms with Crippen LogP contribution in [0.25, 0.3) is 10.6 Å². The van der Waals surface area contributed by atoms with Gasteiger partial charge in [-0.1, -0.05) is 0 Å². The summed E-state index contributed by atoms with van der Waals surface area (Å²) in [5.74, 6) is 0.156. The van der Waals surface area contributed by atoms with E-state index in [1.54, 1.807) is 23.7 Å². The summed E-state index contributed by atoms with van der Waals surface area (Å²) in [4.78, 5) is 23.2. The number of carbonyl (C=O) groups excluding carboxylic acids is 1. The normalized spacial score (nSPS) is 21.8. The highest BCUT2D eigenvalue weighted by molar-refractivity contribution is 7.13. The highest BCUT2D eigenvalue weighted by Crippen LogP contribution is 2.23. The molecule has 22 heavy (non-hydrogen) atoms. The van der Waals surface area contributed by atoms with Crippen molar-refractivity contribution in [1.82, 2.24) is 20.2 Å². The Morgan fingerprint density at radius 1 is 1.50 bits per heavy atom. The van der Waals surface area contributed by atoms with Crippen LogP contribution < -0.4 is 5.32 Å². The fourth-order valence-electron chi connectivity index (χ4n) is 2.68. The first-order valence-electron chi connectivity index (χ1n) is 7.53. The number of piperazine rings is 1. The van der Waals surface area contributed by atoms with Gasteiger partial charge in [0.2, 0.25) is 5.91 Å². The molecule has 1 aliphatic heterocycles. The van der Waals surface area contributed by atoms with Crippen molar-refractivity contribution in [2.45, 2.75) is 32.4 Å². The monoisotopic (exact) mass is 316 g/mol. The molecule has 0 aromatic carbocycles. The van der Waals surface area contributed by atoms with Crippen LogP contribution in [0, 0.1) is 0 Å². The number of rotatable bonds is 3. The van der Waals surface area contributed by atoms with Crippen molar-refractivity contribution in [3.8, 4) is 10.6 Å². The minimum absolute atomic E-state index is 0.156. The zero-order valence-corrected chi connectivity index (χ0v) is 13.6. The number of thiazole rings is 1. The number of amides is 1. The molecule has 2 unspecified atom stereocenters. The first kappa shape index (κ1) is 15.1. The lowest BCUT2D eigenvalue weighted by Gasteiger charge is -2.38. The van der Waals surface area contributed by atoms with Gasteiger partial charge < -0.3 is 10.2 Å². The summed E-state index contributed by atoms with van der Waals surface area (Å²) >= 11 is 1.56. The van der Waals surface area contributed by atoms with Crippen LogP contribution in [-0.4, -0.2) is 45.9 Å². The number of hydrogen-bond acceptors (Lipinski definition) is 5. The van der Waals surface area contributed by atoms with Gasteiger partial charge in [0.15, 0.2) is 0 Å². The van der Waals surface area contributed by atoms with E-state index in [0.717, 1.165) is 29.4 Å². The van der Waals surface area contributed by atoms with Gasteiger partial charge in [0.25, 0.3) is 0 Å². The van der Waals surface area contributed by atoms with Gasteiger partial charge in [-0.15, -0.1) is 11.3 Å². The molecular weight excluding hydrogens is 296 g/mol. The minimum Gasteiger partial charge on any atom is -0.337 e. The third kappa shape index (κ3) is 3.18. The van der Waals surface area contributed by atoms with E-state index in [4.69, 9.17) is 0 Å². The number of nitrogens with zero attached hydrogens (tertiary/aromatic N) is 3. The number of nitrogens with one attached hydrogen (secondary N) is 1. The molecule has 2 aromatic heterocycles. The summed E-state index contributed by atoms with van der Waals surface area (Å²) in [7, 11) is 0. The van der Waals surface area contributed by atoms with Crippen LogP contribution in [0.4, 0.5) is 0 Å². The van der Waals surface area contributed by atoms with Gasteiger partial charge in [-0.05, 0) is 26.0 Å². The maximum Gasteiger partial charge on any atom is 0.228 e. The Morgan fingerprint density at radius 3 is 3.14 bits per heavy atom. The second-order valence-electron chi connectivity index (χ2n) is 5.63. The van der Waals surface area contributed by atoms with Crippen LogP contribution >= 0.6 is 11.3 Å². The summed E-state index contributed by atoms with van der Waals surface area (Å²) in [5, 5.41) is 6.27. The fourth-order valence-corrected chi connectivity index (χ4v) is 3.49. The van der Waals surface area contributed by atoms with Gasteiger partial charge in [0.05, 0.1) is 12.1 Å². The molecule has 0 saturated carbocycles. The molecule has 1 aliphatic rings. The lowest BCUT2D eigenvalue weighted by Crippen LogP contribution is -2.57. The van der Waals surface area contributed by atoms with E-state index >= 15 is 0 Å². The third-order valence-corrected chi connectivity index (χ3v) is 5.09. The Hall–Kier alpha value is -1.79. The first-order valence-corrected chi connectivity index (χ1v) is 8.41. The van der Waals surface area contributed by atoms with E-state index in [1.165, 1.54) is 0 Å². The Balaban J connectivity index is 1.69. The summed E-state index contributed by atoms with van der Waals surface area (Å²) < 4.78 is 0. The number of carbonyl (C=O) groups is 1. The quantitative estimate of drug-likeness (QED) is 0.940. The molecule has 5 nitrogen and oxygen atoms in total. The van der Waals surface area contributed by atoms with E-state index in [2.05, 4.69) is 29.1 Å². The van der Waals surface area contributed by atoms with E-state index in [0.29, 0.717) is 12.5 Å². The van der Waals surface area contributed by atoms with E-state index < -0.39 is 0 Å². The highest BCUT2D eigenvalue weighted by atomic mass is 32.1. The Labute approximate surface area is 134 Å². The molecule has 0 bridgehead atoms. The predicted octanol–water partition coefficient (Wildman–Crippen LogP) is 1.96. The van der Waals surface area contributed by atoms with Gasteiger partial charge in [0.1, 0.15) is 5.01 Å². The van der Waals surface area contributed by atoms with Gasteiger partial charge >= 0.3 is 0 Å². The molecule has 116 valence electrons. The van der Waals surface area contributed by atoms with Crippen molar-refractivity contribution in [1.29, 1.82) is 0 Å². The van der Waals surface area contributed by atoms with Crippen LogP contribution in [-0.2, 0) is 11.2 Å². The molecule has 1 N–H and O–H groups in total. The maximum absolute atomic E-state index is 12.5. The molecule has 1 fully saturated rings. The smallest absolute Gasteiger partial charge is 0.228 e. The van der Waals surface area contributed by atoms with Crippen LogP contribution in [0.15, 0.2) is 29.9 Å². The second-order valence-corrected chi connectivity index (χ2v) is 6.49. The van der Waals surface area contributed by atoms with Crippen LogP contribution in [0.5, 0.6) is 0 Å². The molecule has 0 radical (unpaired) electrons. The van der Waals surface area contributed by atoms with Crippen molar-refractivity contribution in [2.75, 3.05) is 13.1 Å². The molecule has 0 spiro atoms. The van der Waals surface area contributed by atoms with Crippen LogP contribution in [0.3, 0.4) is 0 Å². The molecule has 2 atom stereocenters. The Kier molecular flexibility index (Phi) is 4.49. The van der Waals surface area contributed by atoms with Crippen LogP contribution in [0.2, 0.25) is 0 Å². The molecular formula is C16H20N4OS. The number of hydrogen-bond donors (Lipinski definition) is 1. The SMILES string of the molecule is CC1NCCN(C(=O)Cc2csc(-c3cccnc3)n2)C1C. The zero-order valence-electron chi connectivity index (χ0n) is 12.8. The average molecular weight is 316 g/mol.